The Morgan fingerprint density at radius 1 is 0.591 bits per heavy atom. The first-order valence-corrected chi connectivity index (χ1v) is 18.9. The molecule has 0 aliphatic carbocycles. The van der Waals surface area contributed by atoms with Crippen LogP contribution in [0.25, 0.3) is 0 Å². The zero-order valence-corrected chi connectivity index (χ0v) is 28.6. The standard InChI is InChI=1S/C14H15NO2S.C13H13N.C6H15N.CH3ClO2S/c1-18(16,17)15-14(12-8-4-2-5-9-12)13-10-6-3-7-11-13;14-13(11-7-3-1-4-8-11)12-9-5-2-6-10-12;1-4-7(5-2)6-3;1-5(2,3)4/h2-11,14-15H,1H3;1-10,13H,14H2;4-6H2,1-3H3;1H3. The Kier molecular flexibility index (Phi) is 18.4. The predicted octanol–water partition coefficient (Wildman–Crippen LogP) is 6.59. The van der Waals surface area contributed by atoms with Gasteiger partial charge in [0.1, 0.15) is 0 Å². The van der Waals surface area contributed by atoms with Crippen LogP contribution in [0.15, 0.2) is 121 Å². The van der Waals surface area contributed by atoms with Gasteiger partial charge in [-0.25, -0.2) is 21.6 Å². The lowest BCUT2D eigenvalue weighted by molar-refractivity contribution is 0.321. The Bertz CT molecular complexity index is 1410. The van der Waals surface area contributed by atoms with Gasteiger partial charge in [0, 0.05) is 10.7 Å². The first-order valence-electron chi connectivity index (χ1n) is 14.3. The predicted molar refractivity (Wildman–Crippen MR) is 186 cm³/mol. The van der Waals surface area contributed by atoms with Crippen molar-refractivity contribution in [1.82, 2.24) is 9.62 Å². The van der Waals surface area contributed by atoms with E-state index in [2.05, 4.69) is 65.3 Å². The molecule has 0 spiro atoms. The van der Waals surface area contributed by atoms with Crippen LogP contribution in [-0.2, 0) is 19.1 Å². The molecule has 10 heteroatoms. The molecule has 4 rings (SSSR count). The summed E-state index contributed by atoms with van der Waals surface area (Å²) in [5.74, 6) is 0. The molecule has 4 aromatic carbocycles. The van der Waals surface area contributed by atoms with Crippen LogP contribution >= 0.6 is 10.7 Å². The van der Waals surface area contributed by atoms with Crippen LogP contribution < -0.4 is 10.5 Å². The minimum atomic E-state index is -3.27. The van der Waals surface area contributed by atoms with Crippen LogP contribution in [-0.4, -0.2) is 53.9 Å². The van der Waals surface area contributed by atoms with Crippen LogP contribution in [0.5, 0.6) is 0 Å². The average molecular weight is 660 g/mol. The lowest BCUT2D eigenvalue weighted by atomic mass is 10.00. The normalized spacial score (nSPS) is 11.0. The fourth-order valence-electron chi connectivity index (χ4n) is 4.02. The van der Waals surface area contributed by atoms with Gasteiger partial charge < -0.3 is 10.6 Å². The van der Waals surface area contributed by atoms with E-state index in [0.717, 1.165) is 28.5 Å². The van der Waals surface area contributed by atoms with E-state index < -0.39 is 19.1 Å². The number of nitrogens with zero attached hydrogens (tertiary/aromatic N) is 1. The highest BCUT2D eigenvalue weighted by molar-refractivity contribution is 8.13. The van der Waals surface area contributed by atoms with Crippen molar-refractivity contribution in [3.05, 3.63) is 144 Å². The minimum Gasteiger partial charge on any atom is -0.320 e. The number of rotatable bonds is 9. The van der Waals surface area contributed by atoms with E-state index in [1.807, 2.05) is 97.1 Å². The van der Waals surface area contributed by atoms with Crippen LogP contribution in [0.4, 0.5) is 0 Å². The van der Waals surface area contributed by atoms with Gasteiger partial charge in [0.25, 0.3) is 0 Å². The van der Waals surface area contributed by atoms with Gasteiger partial charge in [0.15, 0.2) is 0 Å². The molecule has 0 amide bonds. The first kappa shape index (κ1) is 39.0. The lowest BCUT2D eigenvalue weighted by Crippen LogP contribution is -2.28. The van der Waals surface area contributed by atoms with Crippen molar-refractivity contribution in [1.29, 1.82) is 0 Å². The third kappa shape index (κ3) is 17.9. The zero-order chi connectivity index (χ0) is 33.0. The van der Waals surface area contributed by atoms with Crippen molar-refractivity contribution in [2.75, 3.05) is 32.1 Å². The number of halogens is 1. The molecule has 0 unspecified atom stereocenters. The largest absolute Gasteiger partial charge is 0.320 e. The molecular formula is C34H46ClN3O4S2. The number of benzene rings is 4. The molecule has 0 radical (unpaired) electrons. The molecule has 3 N–H and O–H groups in total. The molecular weight excluding hydrogens is 614 g/mol. The Hall–Kier alpha value is -3.05. The van der Waals surface area contributed by atoms with E-state index in [0.29, 0.717) is 0 Å². The van der Waals surface area contributed by atoms with Crippen molar-refractivity contribution < 1.29 is 16.8 Å². The molecule has 0 aliphatic rings. The number of nitrogens with one attached hydrogen (secondary N) is 1. The highest BCUT2D eigenvalue weighted by Gasteiger charge is 2.17. The van der Waals surface area contributed by atoms with Crippen molar-refractivity contribution in [3.63, 3.8) is 0 Å². The van der Waals surface area contributed by atoms with E-state index in [9.17, 15) is 16.8 Å². The van der Waals surface area contributed by atoms with Gasteiger partial charge in [-0.3, -0.25) is 0 Å². The monoisotopic (exact) mass is 659 g/mol. The van der Waals surface area contributed by atoms with Crippen molar-refractivity contribution in [2.45, 2.75) is 32.9 Å². The van der Waals surface area contributed by atoms with E-state index in [-0.39, 0.29) is 12.1 Å². The Balaban J connectivity index is 0.000000329. The SMILES string of the molecule is CCN(CC)CC.CS(=O)(=O)Cl.CS(=O)(=O)NC(c1ccccc1)c1ccccc1.NC(c1ccccc1)c1ccccc1. The highest BCUT2D eigenvalue weighted by atomic mass is 35.7. The minimum absolute atomic E-state index is 0.0163. The smallest absolute Gasteiger partial charge is 0.229 e. The average Bonchev–Trinajstić information content (AvgIpc) is 3.01. The summed E-state index contributed by atoms with van der Waals surface area (Å²) < 4.78 is 44.4. The van der Waals surface area contributed by atoms with E-state index in [4.69, 9.17) is 5.73 Å². The second kappa shape index (κ2) is 20.8. The summed E-state index contributed by atoms with van der Waals surface area (Å²) in [5.41, 5.74) is 10.3. The summed E-state index contributed by atoms with van der Waals surface area (Å²) in [6.45, 7) is 10.1. The fraction of sp³-hybridized carbons (Fsp3) is 0.294. The van der Waals surface area contributed by atoms with Crippen LogP contribution in [0, 0.1) is 0 Å². The van der Waals surface area contributed by atoms with Gasteiger partial charge in [0.05, 0.1) is 24.6 Å². The van der Waals surface area contributed by atoms with Gasteiger partial charge in [-0.2, -0.15) is 0 Å². The summed E-state index contributed by atoms with van der Waals surface area (Å²) in [6.07, 6.45) is 2.10. The molecule has 44 heavy (non-hydrogen) atoms. The number of hydrogen-bond acceptors (Lipinski definition) is 6. The third-order valence-corrected chi connectivity index (χ3v) is 6.92. The lowest BCUT2D eigenvalue weighted by Gasteiger charge is -2.18. The van der Waals surface area contributed by atoms with Crippen LogP contribution in [0.2, 0.25) is 0 Å². The zero-order valence-electron chi connectivity index (χ0n) is 26.2. The van der Waals surface area contributed by atoms with Gasteiger partial charge >= 0.3 is 0 Å². The fourth-order valence-corrected chi connectivity index (χ4v) is 4.72. The molecule has 0 saturated carbocycles. The second-order valence-electron chi connectivity index (χ2n) is 9.74. The highest BCUT2D eigenvalue weighted by Crippen LogP contribution is 2.22. The van der Waals surface area contributed by atoms with Crippen LogP contribution in [0.1, 0.15) is 55.1 Å². The summed E-state index contributed by atoms with van der Waals surface area (Å²) in [4.78, 5) is 2.38. The molecule has 4 aromatic rings. The van der Waals surface area contributed by atoms with Crippen molar-refractivity contribution in [2.24, 2.45) is 5.73 Å². The maximum Gasteiger partial charge on any atom is 0.229 e. The Morgan fingerprint density at radius 3 is 1.05 bits per heavy atom. The molecule has 0 heterocycles. The molecule has 0 saturated heterocycles. The topological polar surface area (TPSA) is 110 Å². The van der Waals surface area contributed by atoms with Crippen molar-refractivity contribution >= 4 is 29.8 Å². The van der Waals surface area contributed by atoms with Gasteiger partial charge in [-0.1, -0.05) is 142 Å². The third-order valence-electron chi connectivity index (χ3n) is 6.26. The maximum atomic E-state index is 11.5. The van der Waals surface area contributed by atoms with Crippen LogP contribution in [0.3, 0.4) is 0 Å². The van der Waals surface area contributed by atoms with Gasteiger partial charge in [-0.05, 0) is 41.9 Å². The van der Waals surface area contributed by atoms with Crippen molar-refractivity contribution in [3.8, 4) is 0 Å². The summed E-state index contributed by atoms with van der Waals surface area (Å²) in [7, 11) is -1.96. The Morgan fingerprint density at radius 2 is 0.841 bits per heavy atom. The molecule has 0 aromatic heterocycles. The van der Waals surface area contributed by atoms with E-state index >= 15 is 0 Å². The van der Waals surface area contributed by atoms with E-state index in [1.54, 1.807) is 0 Å². The number of nitrogens with two attached hydrogens (primary N) is 1. The molecule has 0 atom stereocenters. The molecule has 0 fully saturated rings. The number of sulfonamides is 1. The maximum absolute atomic E-state index is 11.5. The molecule has 240 valence electrons. The summed E-state index contributed by atoms with van der Waals surface area (Å²) in [6, 6.07) is 39.0. The quantitative estimate of drug-likeness (QED) is 0.196. The molecule has 0 aliphatic heterocycles. The Labute approximate surface area is 269 Å². The summed E-state index contributed by atoms with van der Waals surface area (Å²) >= 11 is 0. The molecule has 0 bridgehead atoms. The van der Waals surface area contributed by atoms with Gasteiger partial charge in [-0.15, -0.1) is 0 Å². The second-order valence-corrected chi connectivity index (χ2v) is 14.6. The van der Waals surface area contributed by atoms with Gasteiger partial charge in [0.2, 0.25) is 19.1 Å². The molecule has 7 nitrogen and oxygen atoms in total. The summed E-state index contributed by atoms with van der Waals surface area (Å²) in [5, 5.41) is 0. The van der Waals surface area contributed by atoms with E-state index in [1.165, 1.54) is 25.9 Å². The number of hydrogen-bond donors (Lipinski definition) is 2. The first-order chi connectivity index (χ1) is 20.8.